The van der Waals surface area contributed by atoms with Gasteiger partial charge in [-0.15, -0.1) is 0 Å². The van der Waals surface area contributed by atoms with Crippen LogP contribution in [0.5, 0.6) is 0 Å². The summed E-state index contributed by atoms with van der Waals surface area (Å²) in [4.78, 5) is 4.19. The van der Waals surface area contributed by atoms with E-state index in [2.05, 4.69) is 4.98 Å². The Morgan fingerprint density at radius 1 is 1.42 bits per heavy atom. The second-order valence-electron chi connectivity index (χ2n) is 5.22. The van der Waals surface area contributed by atoms with Crippen molar-refractivity contribution in [3.05, 3.63) is 18.2 Å². The largest absolute Gasteiger partial charge is 0.430 e. The number of hydrogen-bond acceptors (Lipinski definition) is 5. The van der Waals surface area contributed by atoms with Gasteiger partial charge in [0.1, 0.15) is 16.3 Å². The Bertz CT molecular complexity index is 601. The van der Waals surface area contributed by atoms with Crippen molar-refractivity contribution in [2.75, 3.05) is 18.1 Å². The molecule has 0 aliphatic heterocycles. The van der Waals surface area contributed by atoms with E-state index in [1.807, 2.05) is 20.8 Å². The normalized spacial score (nSPS) is 13.8. The lowest BCUT2D eigenvalue weighted by molar-refractivity contribution is 0.00661. The van der Waals surface area contributed by atoms with Gasteiger partial charge in [0.05, 0.1) is 18.0 Å². The summed E-state index contributed by atoms with van der Waals surface area (Å²) in [5.41, 5.74) is 7.25. The van der Waals surface area contributed by atoms with Crippen LogP contribution in [0, 0.1) is 0 Å². The summed E-state index contributed by atoms with van der Waals surface area (Å²) in [7, 11) is -1.30. The topological polar surface area (TPSA) is 78.3 Å². The van der Waals surface area contributed by atoms with Gasteiger partial charge in [-0.1, -0.05) is 0 Å². The van der Waals surface area contributed by atoms with Crippen LogP contribution in [0.2, 0.25) is 0 Å². The predicted molar refractivity (Wildman–Crippen MR) is 75.4 cm³/mol. The Morgan fingerprint density at radius 3 is 2.84 bits per heavy atom. The van der Waals surface area contributed by atoms with Gasteiger partial charge in [0.15, 0.2) is 5.58 Å². The average Bonchev–Trinajstić information content (AvgIpc) is 2.70. The molecule has 0 spiro atoms. The van der Waals surface area contributed by atoms with E-state index in [4.69, 9.17) is 14.9 Å². The number of benzene rings is 1. The van der Waals surface area contributed by atoms with Gasteiger partial charge in [-0.05, 0) is 39.0 Å². The van der Waals surface area contributed by atoms with Crippen molar-refractivity contribution in [3.8, 4) is 0 Å². The first-order valence-corrected chi connectivity index (χ1v) is 7.35. The van der Waals surface area contributed by atoms with Crippen molar-refractivity contribution in [1.82, 2.24) is 4.98 Å². The van der Waals surface area contributed by atoms with E-state index in [0.29, 0.717) is 29.1 Å². The van der Waals surface area contributed by atoms with Gasteiger partial charge in [0.2, 0.25) is 0 Å². The lowest BCUT2D eigenvalue weighted by Gasteiger charge is -2.18. The molecule has 2 N–H and O–H groups in total. The molecule has 6 heteroatoms. The zero-order chi connectivity index (χ0) is 14.0. The van der Waals surface area contributed by atoms with Gasteiger partial charge >= 0.3 is 0 Å². The summed E-state index contributed by atoms with van der Waals surface area (Å²) in [6.07, 6.45) is 0. The summed E-state index contributed by atoms with van der Waals surface area (Å²) in [6.45, 7) is 6.27. The smallest absolute Gasteiger partial charge is 0.288 e. The molecule has 1 unspecified atom stereocenters. The van der Waals surface area contributed by atoms with Gasteiger partial charge in [-0.2, -0.15) is 0 Å². The lowest BCUT2D eigenvalue weighted by atomic mass is 10.2. The SMILES string of the molecule is CC(C)(C)OCCS(=O)c1nc2cc(N)ccc2o1. The van der Waals surface area contributed by atoms with E-state index in [-0.39, 0.29) is 10.8 Å². The molecule has 0 fully saturated rings. The van der Waals surface area contributed by atoms with Gasteiger partial charge in [-0.25, -0.2) is 9.19 Å². The molecule has 1 aromatic carbocycles. The van der Waals surface area contributed by atoms with E-state index in [1.54, 1.807) is 18.2 Å². The van der Waals surface area contributed by atoms with Gasteiger partial charge in [-0.3, -0.25) is 0 Å². The standard InChI is InChI=1S/C13H18N2O3S/c1-13(2,3)17-6-7-19(16)12-15-10-8-9(14)4-5-11(10)18-12/h4-5,8H,6-7,14H2,1-3H3. The maximum absolute atomic E-state index is 12.0. The first-order chi connectivity index (χ1) is 8.85. The Kier molecular flexibility index (Phi) is 3.91. The molecule has 1 atom stereocenters. The van der Waals surface area contributed by atoms with Crippen molar-refractivity contribution in [2.24, 2.45) is 0 Å². The fourth-order valence-corrected chi connectivity index (χ4v) is 2.32. The zero-order valence-corrected chi connectivity index (χ0v) is 12.1. The Morgan fingerprint density at radius 2 is 2.16 bits per heavy atom. The number of oxazole rings is 1. The number of nitrogen functional groups attached to an aromatic ring is 1. The molecular weight excluding hydrogens is 264 g/mol. The monoisotopic (exact) mass is 282 g/mol. The quantitative estimate of drug-likeness (QED) is 0.871. The van der Waals surface area contributed by atoms with Crippen molar-refractivity contribution >= 4 is 27.6 Å². The number of anilines is 1. The summed E-state index contributed by atoms with van der Waals surface area (Å²) >= 11 is 0. The molecule has 0 saturated carbocycles. The van der Waals surface area contributed by atoms with Gasteiger partial charge < -0.3 is 14.9 Å². The Balaban J connectivity index is 2.05. The third kappa shape index (κ3) is 3.78. The summed E-state index contributed by atoms with van der Waals surface area (Å²) < 4.78 is 23.0. The average molecular weight is 282 g/mol. The molecule has 2 rings (SSSR count). The number of ether oxygens (including phenoxy) is 1. The molecule has 0 aliphatic carbocycles. The van der Waals surface area contributed by atoms with Gasteiger partial charge in [0, 0.05) is 5.69 Å². The highest BCUT2D eigenvalue weighted by Gasteiger charge is 2.15. The molecular formula is C13H18N2O3S. The minimum Gasteiger partial charge on any atom is -0.430 e. The van der Waals surface area contributed by atoms with Crippen LogP contribution in [-0.2, 0) is 15.5 Å². The third-order valence-corrected chi connectivity index (χ3v) is 3.49. The van der Waals surface area contributed by atoms with E-state index in [9.17, 15) is 4.21 Å². The lowest BCUT2D eigenvalue weighted by Crippen LogP contribution is -2.22. The van der Waals surface area contributed by atoms with E-state index >= 15 is 0 Å². The van der Waals surface area contributed by atoms with Crippen LogP contribution >= 0.6 is 0 Å². The highest BCUT2D eigenvalue weighted by atomic mass is 32.2. The van der Waals surface area contributed by atoms with Crippen LogP contribution in [0.25, 0.3) is 11.1 Å². The summed E-state index contributed by atoms with van der Waals surface area (Å²) in [5.74, 6) is 0.361. The van der Waals surface area contributed by atoms with Gasteiger partial charge in [0.25, 0.3) is 5.22 Å². The molecule has 0 amide bonds. The fraction of sp³-hybridized carbons (Fsp3) is 0.462. The zero-order valence-electron chi connectivity index (χ0n) is 11.3. The number of nitrogens with two attached hydrogens (primary N) is 1. The van der Waals surface area contributed by atoms with E-state index in [0.717, 1.165) is 0 Å². The minimum absolute atomic E-state index is 0.220. The number of aromatic nitrogens is 1. The number of hydrogen-bond donors (Lipinski definition) is 1. The van der Waals surface area contributed by atoms with Crippen LogP contribution in [0.3, 0.4) is 0 Å². The van der Waals surface area contributed by atoms with Crippen molar-refractivity contribution < 1.29 is 13.4 Å². The molecule has 104 valence electrons. The van der Waals surface area contributed by atoms with Crippen LogP contribution < -0.4 is 5.73 Å². The van der Waals surface area contributed by atoms with Crippen LogP contribution in [0.1, 0.15) is 20.8 Å². The molecule has 0 radical (unpaired) electrons. The maximum atomic E-state index is 12.0. The minimum atomic E-state index is -1.30. The second-order valence-corrected chi connectivity index (χ2v) is 6.67. The van der Waals surface area contributed by atoms with E-state index in [1.165, 1.54) is 0 Å². The number of fused-ring (bicyclic) bond motifs is 1. The highest BCUT2D eigenvalue weighted by Crippen LogP contribution is 2.20. The van der Waals surface area contributed by atoms with Crippen LogP contribution in [0.15, 0.2) is 27.8 Å². The van der Waals surface area contributed by atoms with Crippen molar-refractivity contribution in [2.45, 2.75) is 31.6 Å². The molecule has 19 heavy (non-hydrogen) atoms. The number of rotatable bonds is 4. The molecule has 2 aromatic rings. The van der Waals surface area contributed by atoms with Crippen molar-refractivity contribution in [3.63, 3.8) is 0 Å². The van der Waals surface area contributed by atoms with E-state index < -0.39 is 10.8 Å². The molecule has 0 bridgehead atoms. The predicted octanol–water partition coefficient (Wildman–Crippen LogP) is 2.33. The maximum Gasteiger partial charge on any atom is 0.288 e. The Hall–Kier alpha value is -1.40. The Labute approximate surface area is 114 Å². The molecule has 0 saturated heterocycles. The summed E-state index contributed by atoms with van der Waals surface area (Å²) in [6, 6.07) is 5.15. The first-order valence-electron chi connectivity index (χ1n) is 6.03. The first kappa shape index (κ1) is 14.0. The number of nitrogens with zero attached hydrogens (tertiary/aromatic N) is 1. The van der Waals surface area contributed by atoms with Crippen molar-refractivity contribution in [1.29, 1.82) is 0 Å². The third-order valence-electron chi connectivity index (χ3n) is 2.39. The molecule has 1 heterocycles. The second kappa shape index (κ2) is 5.30. The van der Waals surface area contributed by atoms with Crippen LogP contribution in [-0.4, -0.2) is 27.2 Å². The molecule has 0 aliphatic rings. The molecule has 1 aromatic heterocycles. The molecule has 5 nitrogen and oxygen atoms in total. The fourth-order valence-electron chi connectivity index (χ4n) is 1.53. The van der Waals surface area contributed by atoms with Crippen LogP contribution in [0.4, 0.5) is 5.69 Å². The highest BCUT2D eigenvalue weighted by molar-refractivity contribution is 7.84. The summed E-state index contributed by atoms with van der Waals surface area (Å²) in [5, 5.41) is 0.220.